The Labute approximate surface area is 179 Å². The Bertz CT molecular complexity index is 1040. The van der Waals surface area contributed by atoms with E-state index in [1.807, 2.05) is 0 Å². The third-order valence-corrected chi connectivity index (χ3v) is 7.44. The smallest absolute Gasteiger partial charge is 0.106 e. The van der Waals surface area contributed by atoms with Crippen molar-refractivity contribution in [3.8, 4) is 6.07 Å². The van der Waals surface area contributed by atoms with Crippen LogP contribution in [0, 0.1) is 37.0 Å². The van der Waals surface area contributed by atoms with Crippen molar-refractivity contribution in [1.29, 1.82) is 5.26 Å². The minimum atomic E-state index is 0.0948. The van der Waals surface area contributed by atoms with Crippen LogP contribution in [-0.2, 0) is 0 Å². The first-order valence-corrected chi connectivity index (χ1v) is 11.6. The Morgan fingerprint density at radius 1 is 1.13 bits per heavy atom. The fourth-order valence-corrected chi connectivity index (χ4v) is 5.87. The summed E-state index contributed by atoms with van der Waals surface area (Å²) >= 11 is 0. The van der Waals surface area contributed by atoms with Gasteiger partial charge >= 0.3 is 0 Å². The van der Waals surface area contributed by atoms with Gasteiger partial charge < -0.3 is 9.88 Å². The highest BCUT2D eigenvalue weighted by Gasteiger charge is 2.29. The van der Waals surface area contributed by atoms with Crippen molar-refractivity contribution in [1.82, 2.24) is 14.9 Å². The number of fused-ring (bicyclic) bond motifs is 1. The number of rotatable bonds is 4. The zero-order valence-corrected chi connectivity index (χ0v) is 18.2. The lowest BCUT2D eigenvalue weighted by Crippen LogP contribution is -2.36. The van der Waals surface area contributed by atoms with Gasteiger partial charge in [0, 0.05) is 12.1 Å². The molecule has 0 bridgehead atoms. The highest BCUT2D eigenvalue weighted by Crippen LogP contribution is 2.39. The zero-order valence-electron chi connectivity index (χ0n) is 18.2. The third-order valence-electron chi connectivity index (χ3n) is 7.44. The van der Waals surface area contributed by atoms with E-state index in [2.05, 4.69) is 60.2 Å². The van der Waals surface area contributed by atoms with Gasteiger partial charge in [-0.1, -0.05) is 23.8 Å². The molecule has 0 radical (unpaired) electrons. The molecule has 156 valence electrons. The SMILES string of the molecule is Cc1ccc2c(c1)nc(C)n2C1CCC(NC[C@H]2CC3=C(CC(C#N)C=C3)C2)CC1. The molecule has 30 heavy (non-hydrogen) atoms. The first-order valence-electron chi connectivity index (χ1n) is 11.6. The molecule has 3 aliphatic rings. The molecule has 2 atom stereocenters. The summed E-state index contributed by atoms with van der Waals surface area (Å²) in [5, 5.41) is 13.1. The third kappa shape index (κ3) is 3.72. The molecular weight excluding hydrogens is 368 g/mol. The molecule has 0 saturated heterocycles. The van der Waals surface area contributed by atoms with Gasteiger partial charge in [0.25, 0.3) is 0 Å². The molecule has 4 nitrogen and oxygen atoms in total. The maximum absolute atomic E-state index is 9.19. The average molecular weight is 401 g/mol. The molecular formula is C26H32N4. The number of imidazole rings is 1. The van der Waals surface area contributed by atoms with Gasteiger partial charge in [-0.2, -0.15) is 5.26 Å². The van der Waals surface area contributed by atoms with Crippen LogP contribution in [0.4, 0.5) is 0 Å². The molecule has 3 aliphatic carbocycles. The lowest BCUT2D eigenvalue weighted by atomic mass is 9.90. The first-order chi connectivity index (χ1) is 14.6. The summed E-state index contributed by atoms with van der Waals surface area (Å²) in [7, 11) is 0. The van der Waals surface area contributed by atoms with E-state index in [0.29, 0.717) is 18.0 Å². The minimum Gasteiger partial charge on any atom is -0.325 e. The summed E-state index contributed by atoms with van der Waals surface area (Å²) in [6.07, 6.45) is 12.6. The Balaban J connectivity index is 1.14. The van der Waals surface area contributed by atoms with Gasteiger partial charge in [-0.05, 0) is 94.5 Å². The number of allylic oxidation sites excluding steroid dienone is 4. The van der Waals surface area contributed by atoms with Crippen LogP contribution in [0.3, 0.4) is 0 Å². The molecule has 1 N–H and O–H groups in total. The normalized spacial score (nSPS) is 28.7. The lowest BCUT2D eigenvalue weighted by molar-refractivity contribution is 0.283. The molecule has 1 saturated carbocycles. The highest BCUT2D eigenvalue weighted by molar-refractivity contribution is 5.77. The van der Waals surface area contributed by atoms with E-state index >= 15 is 0 Å². The monoisotopic (exact) mass is 400 g/mol. The van der Waals surface area contributed by atoms with Crippen molar-refractivity contribution >= 4 is 11.0 Å². The van der Waals surface area contributed by atoms with Gasteiger partial charge in [-0.25, -0.2) is 4.98 Å². The summed E-state index contributed by atoms with van der Waals surface area (Å²) in [6, 6.07) is 10.3. The van der Waals surface area contributed by atoms with Crippen molar-refractivity contribution in [3.05, 3.63) is 52.9 Å². The summed E-state index contributed by atoms with van der Waals surface area (Å²) in [4.78, 5) is 4.82. The molecule has 1 fully saturated rings. The summed E-state index contributed by atoms with van der Waals surface area (Å²) in [5.41, 5.74) is 6.76. The molecule has 1 aromatic heterocycles. The Hall–Kier alpha value is -2.38. The zero-order chi connectivity index (χ0) is 20.7. The molecule has 0 amide bonds. The van der Waals surface area contributed by atoms with E-state index in [-0.39, 0.29) is 5.92 Å². The molecule has 4 heteroatoms. The lowest BCUT2D eigenvalue weighted by Gasteiger charge is -2.31. The van der Waals surface area contributed by atoms with Gasteiger partial charge in [-0.15, -0.1) is 0 Å². The van der Waals surface area contributed by atoms with E-state index < -0.39 is 0 Å². The average Bonchev–Trinajstić information content (AvgIpc) is 3.31. The second-order valence-corrected chi connectivity index (χ2v) is 9.64. The summed E-state index contributed by atoms with van der Waals surface area (Å²) < 4.78 is 2.48. The molecule has 1 heterocycles. The van der Waals surface area contributed by atoms with Crippen LogP contribution in [0.15, 0.2) is 41.5 Å². The van der Waals surface area contributed by atoms with Gasteiger partial charge in [-0.3, -0.25) is 0 Å². The largest absolute Gasteiger partial charge is 0.325 e. The fraction of sp³-hybridized carbons (Fsp3) is 0.538. The van der Waals surface area contributed by atoms with Crippen molar-refractivity contribution < 1.29 is 0 Å². The molecule has 5 rings (SSSR count). The highest BCUT2D eigenvalue weighted by atomic mass is 15.1. The fourth-order valence-electron chi connectivity index (χ4n) is 5.87. The Morgan fingerprint density at radius 3 is 2.77 bits per heavy atom. The predicted molar refractivity (Wildman–Crippen MR) is 121 cm³/mol. The molecule has 0 aliphatic heterocycles. The number of aromatic nitrogens is 2. The minimum absolute atomic E-state index is 0.0948. The summed E-state index contributed by atoms with van der Waals surface area (Å²) in [6.45, 7) is 5.40. The van der Waals surface area contributed by atoms with E-state index in [9.17, 15) is 5.26 Å². The maximum Gasteiger partial charge on any atom is 0.106 e. The number of nitrogens with one attached hydrogen (secondary N) is 1. The first kappa shape index (κ1) is 19.6. The van der Waals surface area contributed by atoms with E-state index in [1.165, 1.54) is 60.8 Å². The number of aryl methyl sites for hydroxylation is 2. The Kier molecular flexibility index (Phi) is 5.25. The molecule has 1 unspecified atom stereocenters. The number of nitriles is 1. The van der Waals surface area contributed by atoms with Crippen molar-refractivity contribution in [3.63, 3.8) is 0 Å². The van der Waals surface area contributed by atoms with Gasteiger partial charge in [0.15, 0.2) is 0 Å². The van der Waals surface area contributed by atoms with Gasteiger partial charge in [0.1, 0.15) is 5.82 Å². The molecule has 2 aromatic rings. The van der Waals surface area contributed by atoms with Crippen LogP contribution < -0.4 is 5.32 Å². The van der Waals surface area contributed by atoms with Crippen molar-refractivity contribution in [2.24, 2.45) is 11.8 Å². The van der Waals surface area contributed by atoms with Crippen LogP contribution in [0.2, 0.25) is 0 Å². The number of hydrogen-bond donors (Lipinski definition) is 1. The van der Waals surface area contributed by atoms with E-state index in [1.54, 1.807) is 0 Å². The quantitative estimate of drug-likeness (QED) is 0.734. The second-order valence-electron chi connectivity index (χ2n) is 9.64. The molecule has 0 spiro atoms. The van der Waals surface area contributed by atoms with Crippen molar-refractivity contribution in [2.75, 3.05) is 6.54 Å². The van der Waals surface area contributed by atoms with Gasteiger partial charge in [0.05, 0.1) is 23.0 Å². The van der Waals surface area contributed by atoms with Crippen LogP contribution in [0.25, 0.3) is 11.0 Å². The van der Waals surface area contributed by atoms with Crippen LogP contribution in [0.5, 0.6) is 0 Å². The number of nitrogens with zero attached hydrogens (tertiary/aromatic N) is 3. The number of hydrogen-bond acceptors (Lipinski definition) is 3. The van der Waals surface area contributed by atoms with E-state index in [0.717, 1.165) is 24.3 Å². The predicted octanol–water partition coefficient (Wildman–Crippen LogP) is 5.53. The summed E-state index contributed by atoms with van der Waals surface area (Å²) in [5.74, 6) is 1.95. The van der Waals surface area contributed by atoms with E-state index in [4.69, 9.17) is 4.98 Å². The van der Waals surface area contributed by atoms with Crippen LogP contribution in [-0.4, -0.2) is 22.1 Å². The maximum atomic E-state index is 9.19. The van der Waals surface area contributed by atoms with Crippen LogP contribution >= 0.6 is 0 Å². The van der Waals surface area contributed by atoms with Crippen LogP contribution in [0.1, 0.15) is 62.4 Å². The standard InChI is InChI=1S/C26H32N4/c1-17-3-10-26-25(11-17)29-18(2)30(26)24-8-6-23(7-9-24)28-16-20-13-21-5-4-19(15-27)12-22(21)14-20/h3-5,10-11,19-20,23-24,28H,6-9,12-14,16H2,1-2H3/t19?,20-,23?,24?/m0/s1. The molecule has 1 aromatic carbocycles. The van der Waals surface area contributed by atoms with Gasteiger partial charge in [0.2, 0.25) is 0 Å². The topological polar surface area (TPSA) is 53.6 Å². The Morgan fingerprint density at radius 2 is 1.97 bits per heavy atom. The van der Waals surface area contributed by atoms with Crippen molar-refractivity contribution in [2.45, 2.75) is 70.9 Å². The number of benzene rings is 1. The second kappa shape index (κ2) is 8.04.